The number of nitrogens with one attached hydrogen (secondary N) is 1. The minimum Gasteiger partial charge on any atom is -0.328 e. The van der Waals surface area contributed by atoms with Gasteiger partial charge in [0.25, 0.3) is 0 Å². The van der Waals surface area contributed by atoms with E-state index in [1.165, 1.54) is 6.92 Å². The number of rotatable bonds is 3. The average Bonchev–Trinajstić information content (AvgIpc) is 2.39. The fraction of sp³-hybridized carbons (Fsp3) is 0.467. The molecule has 1 aliphatic carbocycles. The SMILES string of the molecule is CC(=O)c1cccc(NC(=O)C2CCCC(N)C2)c1. The molecule has 0 bridgehead atoms. The minimum absolute atomic E-state index is 0.00390. The summed E-state index contributed by atoms with van der Waals surface area (Å²) in [5.41, 5.74) is 7.18. The van der Waals surface area contributed by atoms with Crippen LogP contribution in [0.3, 0.4) is 0 Å². The van der Waals surface area contributed by atoms with Gasteiger partial charge in [-0.15, -0.1) is 0 Å². The van der Waals surface area contributed by atoms with E-state index in [0.29, 0.717) is 11.3 Å². The third kappa shape index (κ3) is 3.64. The summed E-state index contributed by atoms with van der Waals surface area (Å²) in [5.74, 6) is -0.00336. The summed E-state index contributed by atoms with van der Waals surface area (Å²) in [4.78, 5) is 23.4. The van der Waals surface area contributed by atoms with Gasteiger partial charge in [0.2, 0.25) is 5.91 Å². The average molecular weight is 260 g/mol. The van der Waals surface area contributed by atoms with Crippen LogP contribution < -0.4 is 11.1 Å². The second-order valence-corrected chi connectivity index (χ2v) is 5.25. The van der Waals surface area contributed by atoms with E-state index < -0.39 is 0 Å². The molecule has 2 unspecified atom stereocenters. The molecule has 3 N–H and O–H groups in total. The number of carbonyl (C=O) groups excluding carboxylic acids is 2. The molecule has 0 aromatic heterocycles. The van der Waals surface area contributed by atoms with Gasteiger partial charge in [0, 0.05) is 23.2 Å². The molecule has 102 valence electrons. The maximum absolute atomic E-state index is 12.1. The highest BCUT2D eigenvalue weighted by molar-refractivity contribution is 5.97. The topological polar surface area (TPSA) is 72.2 Å². The lowest BCUT2D eigenvalue weighted by molar-refractivity contribution is -0.120. The second-order valence-electron chi connectivity index (χ2n) is 5.25. The monoisotopic (exact) mass is 260 g/mol. The van der Waals surface area contributed by atoms with E-state index >= 15 is 0 Å². The number of hydrogen-bond donors (Lipinski definition) is 2. The summed E-state index contributed by atoms with van der Waals surface area (Å²) < 4.78 is 0. The van der Waals surface area contributed by atoms with Gasteiger partial charge in [0.15, 0.2) is 5.78 Å². The molecule has 1 aromatic carbocycles. The van der Waals surface area contributed by atoms with Gasteiger partial charge in [-0.25, -0.2) is 0 Å². The van der Waals surface area contributed by atoms with Gasteiger partial charge in [-0.3, -0.25) is 9.59 Å². The van der Waals surface area contributed by atoms with Crippen molar-refractivity contribution >= 4 is 17.4 Å². The number of Topliss-reactive ketones (excluding diaryl/α,β-unsaturated/α-hetero) is 1. The molecule has 4 nitrogen and oxygen atoms in total. The van der Waals surface area contributed by atoms with Crippen LogP contribution in [0, 0.1) is 5.92 Å². The van der Waals surface area contributed by atoms with Crippen molar-refractivity contribution in [3.05, 3.63) is 29.8 Å². The Hall–Kier alpha value is -1.68. The molecule has 4 heteroatoms. The highest BCUT2D eigenvalue weighted by Gasteiger charge is 2.25. The Labute approximate surface area is 113 Å². The Morgan fingerprint density at radius 1 is 1.32 bits per heavy atom. The zero-order chi connectivity index (χ0) is 13.8. The molecular weight excluding hydrogens is 240 g/mol. The molecule has 0 spiro atoms. The number of carbonyl (C=O) groups is 2. The molecule has 0 saturated heterocycles. The van der Waals surface area contributed by atoms with Gasteiger partial charge in [0.1, 0.15) is 0 Å². The number of hydrogen-bond acceptors (Lipinski definition) is 3. The molecule has 1 fully saturated rings. The molecule has 0 aliphatic heterocycles. The van der Waals surface area contributed by atoms with Crippen molar-refractivity contribution in [3.63, 3.8) is 0 Å². The zero-order valence-electron chi connectivity index (χ0n) is 11.2. The second kappa shape index (κ2) is 5.97. The zero-order valence-corrected chi connectivity index (χ0v) is 11.2. The Morgan fingerprint density at radius 2 is 2.11 bits per heavy atom. The van der Waals surface area contributed by atoms with Crippen LogP contribution in [0.4, 0.5) is 5.69 Å². The van der Waals surface area contributed by atoms with Gasteiger partial charge in [0.05, 0.1) is 0 Å². The summed E-state index contributed by atoms with van der Waals surface area (Å²) in [5, 5.41) is 2.88. The number of ketones is 1. The van der Waals surface area contributed by atoms with Crippen LogP contribution in [0.5, 0.6) is 0 Å². The summed E-state index contributed by atoms with van der Waals surface area (Å²) >= 11 is 0. The quantitative estimate of drug-likeness (QED) is 0.819. The molecule has 1 amide bonds. The van der Waals surface area contributed by atoms with Crippen LogP contribution in [0.1, 0.15) is 43.0 Å². The van der Waals surface area contributed by atoms with Crippen molar-refractivity contribution < 1.29 is 9.59 Å². The van der Waals surface area contributed by atoms with Crippen LogP contribution in [0.15, 0.2) is 24.3 Å². The van der Waals surface area contributed by atoms with E-state index in [4.69, 9.17) is 5.73 Å². The van der Waals surface area contributed by atoms with Gasteiger partial charge in [-0.1, -0.05) is 18.6 Å². The Bertz CT molecular complexity index is 485. The van der Waals surface area contributed by atoms with Gasteiger partial charge >= 0.3 is 0 Å². The van der Waals surface area contributed by atoms with Crippen molar-refractivity contribution in [2.45, 2.75) is 38.6 Å². The standard InChI is InChI=1S/C15H20N2O2/c1-10(18)11-4-3-7-14(9-11)17-15(19)12-5-2-6-13(16)8-12/h3-4,7,9,12-13H,2,5-6,8,16H2,1H3,(H,17,19). The molecule has 1 aromatic rings. The van der Waals surface area contributed by atoms with E-state index in [9.17, 15) is 9.59 Å². The molecule has 0 radical (unpaired) electrons. The number of nitrogens with two attached hydrogens (primary N) is 1. The largest absolute Gasteiger partial charge is 0.328 e. The Balaban J connectivity index is 2.02. The predicted octanol–water partition coefficient (Wildman–Crippen LogP) is 2.35. The normalized spacial score (nSPS) is 22.8. The summed E-state index contributed by atoms with van der Waals surface area (Å²) in [6, 6.07) is 7.16. The Kier molecular flexibility index (Phi) is 4.32. The number of amides is 1. The van der Waals surface area contributed by atoms with Crippen LogP contribution in [0.2, 0.25) is 0 Å². The maximum Gasteiger partial charge on any atom is 0.227 e. The highest BCUT2D eigenvalue weighted by atomic mass is 16.2. The first-order chi connectivity index (χ1) is 9.06. The van der Waals surface area contributed by atoms with Crippen molar-refractivity contribution in [2.75, 3.05) is 5.32 Å². The molecule has 1 aliphatic rings. The lowest BCUT2D eigenvalue weighted by Crippen LogP contribution is -2.34. The van der Waals surface area contributed by atoms with Crippen LogP contribution in [-0.4, -0.2) is 17.7 Å². The van der Waals surface area contributed by atoms with Gasteiger partial charge in [-0.05, 0) is 38.3 Å². The first-order valence-corrected chi connectivity index (χ1v) is 6.73. The summed E-state index contributed by atoms with van der Waals surface area (Å²) in [6.07, 6.45) is 3.65. The van der Waals surface area contributed by atoms with E-state index in [2.05, 4.69) is 5.32 Å². The third-order valence-corrected chi connectivity index (χ3v) is 3.62. The van der Waals surface area contributed by atoms with E-state index in [1.807, 2.05) is 0 Å². The van der Waals surface area contributed by atoms with E-state index in [1.54, 1.807) is 24.3 Å². The van der Waals surface area contributed by atoms with Crippen molar-refractivity contribution in [3.8, 4) is 0 Å². The predicted molar refractivity (Wildman–Crippen MR) is 75.0 cm³/mol. The first kappa shape index (κ1) is 13.7. The Morgan fingerprint density at radius 3 is 2.79 bits per heavy atom. The number of benzene rings is 1. The van der Waals surface area contributed by atoms with Gasteiger partial charge < -0.3 is 11.1 Å². The lowest BCUT2D eigenvalue weighted by Gasteiger charge is -2.25. The minimum atomic E-state index is -0.00951. The van der Waals surface area contributed by atoms with Crippen molar-refractivity contribution in [1.82, 2.24) is 0 Å². The highest BCUT2D eigenvalue weighted by Crippen LogP contribution is 2.24. The van der Waals surface area contributed by atoms with Crippen molar-refractivity contribution in [2.24, 2.45) is 11.7 Å². The molecule has 1 saturated carbocycles. The molecule has 2 rings (SSSR count). The fourth-order valence-electron chi connectivity index (χ4n) is 2.53. The van der Waals surface area contributed by atoms with Crippen molar-refractivity contribution in [1.29, 1.82) is 0 Å². The first-order valence-electron chi connectivity index (χ1n) is 6.73. The number of anilines is 1. The summed E-state index contributed by atoms with van der Waals surface area (Å²) in [7, 11) is 0. The van der Waals surface area contributed by atoms with Crippen LogP contribution in [-0.2, 0) is 4.79 Å². The van der Waals surface area contributed by atoms with Crippen LogP contribution in [0.25, 0.3) is 0 Å². The smallest absolute Gasteiger partial charge is 0.227 e. The van der Waals surface area contributed by atoms with E-state index in [-0.39, 0.29) is 23.7 Å². The fourth-order valence-corrected chi connectivity index (χ4v) is 2.53. The molecule has 2 atom stereocenters. The van der Waals surface area contributed by atoms with E-state index in [0.717, 1.165) is 25.7 Å². The van der Waals surface area contributed by atoms with Crippen LogP contribution >= 0.6 is 0 Å². The summed E-state index contributed by atoms with van der Waals surface area (Å²) in [6.45, 7) is 1.51. The maximum atomic E-state index is 12.1. The molecule has 0 heterocycles. The molecule has 19 heavy (non-hydrogen) atoms. The third-order valence-electron chi connectivity index (χ3n) is 3.62. The van der Waals surface area contributed by atoms with Gasteiger partial charge in [-0.2, -0.15) is 0 Å². The molecular formula is C15H20N2O2. The lowest BCUT2D eigenvalue weighted by atomic mass is 9.85.